The van der Waals surface area contributed by atoms with Gasteiger partial charge in [0.15, 0.2) is 11.5 Å². The topological polar surface area (TPSA) is 82.2 Å². The molecule has 0 spiro atoms. The van der Waals surface area contributed by atoms with Crippen LogP contribution in [-0.4, -0.2) is 20.8 Å². The fourth-order valence-electron chi connectivity index (χ4n) is 3.52. The smallest absolute Gasteiger partial charge is 0.279 e. The van der Waals surface area contributed by atoms with E-state index in [2.05, 4.69) is 68.8 Å². The van der Waals surface area contributed by atoms with Crippen molar-refractivity contribution in [3.8, 4) is 5.75 Å². The monoisotopic (exact) mass is 508 g/mol. The van der Waals surface area contributed by atoms with Crippen molar-refractivity contribution < 1.29 is 14.1 Å². The highest BCUT2D eigenvalue weighted by atomic mass is 79.9. The Kier molecular flexibility index (Phi) is 6.65. The minimum Gasteiger partial charge on any atom is -0.489 e. The molecule has 7 nitrogen and oxygen atoms in total. The molecule has 0 fully saturated rings. The zero-order valence-corrected chi connectivity index (χ0v) is 20.6. The number of ether oxygens (including phenoxy) is 1. The highest BCUT2D eigenvalue weighted by Gasteiger charge is 2.22. The molecule has 1 N–H and O–H groups in total. The molecule has 2 aromatic heterocycles. The maximum absolute atomic E-state index is 13.0. The van der Waals surface area contributed by atoms with Crippen LogP contribution >= 0.6 is 15.9 Å². The minimum absolute atomic E-state index is 0.171. The van der Waals surface area contributed by atoms with Gasteiger partial charge in [-0.25, -0.2) is 0 Å². The molecular formula is C25H25BrN4O3. The zero-order valence-electron chi connectivity index (χ0n) is 19.0. The van der Waals surface area contributed by atoms with Crippen LogP contribution in [0.15, 0.2) is 57.7 Å². The molecule has 2 heterocycles. The summed E-state index contributed by atoms with van der Waals surface area (Å²) in [4.78, 5) is 13.0. The fraction of sp³-hybridized carbons (Fsp3) is 0.240. The van der Waals surface area contributed by atoms with E-state index in [1.165, 1.54) is 5.56 Å². The third kappa shape index (κ3) is 5.51. The third-order valence-electron chi connectivity index (χ3n) is 5.19. The van der Waals surface area contributed by atoms with Crippen molar-refractivity contribution in [1.29, 1.82) is 0 Å². The van der Waals surface area contributed by atoms with Gasteiger partial charge in [-0.2, -0.15) is 5.10 Å². The number of halogens is 1. The number of benzene rings is 2. The first-order valence-corrected chi connectivity index (χ1v) is 11.3. The molecule has 0 unspecified atom stereocenters. The van der Waals surface area contributed by atoms with E-state index in [-0.39, 0.29) is 12.3 Å². The molecule has 0 saturated heterocycles. The molecule has 33 heavy (non-hydrogen) atoms. The molecule has 8 heteroatoms. The summed E-state index contributed by atoms with van der Waals surface area (Å²) in [5.41, 5.74) is 5.31. The molecule has 0 saturated carbocycles. The molecule has 0 radical (unpaired) electrons. The number of carbonyl (C=O) groups excluding carboxylic acids is 1. The summed E-state index contributed by atoms with van der Waals surface area (Å²) in [5, 5.41) is 11.3. The second-order valence-electron chi connectivity index (χ2n) is 8.14. The number of nitrogens with one attached hydrogen (secondary N) is 1. The Bertz CT molecular complexity index is 1270. The number of amides is 1. The van der Waals surface area contributed by atoms with E-state index >= 15 is 0 Å². The van der Waals surface area contributed by atoms with Gasteiger partial charge in [0.1, 0.15) is 18.1 Å². The number of aryl methyl sites for hydroxylation is 4. The molecule has 4 aromatic rings. The maximum atomic E-state index is 13.0. The van der Waals surface area contributed by atoms with Crippen LogP contribution < -0.4 is 10.1 Å². The van der Waals surface area contributed by atoms with Crippen LogP contribution in [0.4, 0.5) is 5.82 Å². The highest BCUT2D eigenvalue weighted by molar-refractivity contribution is 9.10. The van der Waals surface area contributed by atoms with Gasteiger partial charge in [0, 0.05) is 6.20 Å². The number of hydrogen-bond donors (Lipinski definition) is 1. The van der Waals surface area contributed by atoms with E-state index in [1.54, 1.807) is 11.6 Å². The lowest BCUT2D eigenvalue weighted by Crippen LogP contribution is -2.16. The number of carbonyl (C=O) groups is 1. The van der Waals surface area contributed by atoms with Crippen LogP contribution in [0.2, 0.25) is 0 Å². The normalized spacial score (nSPS) is 10.9. The predicted octanol–water partition coefficient (Wildman–Crippen LogP) is 5.75. The largest absolute Gasteiger partial charge is 0.489 e. The van der Waals surface area contributed by atoms with Crippen molar-refractivity contribution in [1.82, 2.24) is 14.9 Å². The van der Waals surface area contributed by atoms with Crippen molar-refractivity contribution in [3.63, 3.8) is 0 Å². The lowest BCUT2D eigenvalue weighted by molar-refractivity contribution is 0.101. The fourth-order valence-corrected chi connectivity index (χ4v) is 3.94. The van der Waals surface area contributed by atoms with Gasteiger partial charge in [0.25, 0.3) is 5.91 Å². The summed E-state index contributed by atoms with van der Waals surface area (Å²) in [5.74, 6) is 1.27. The van der Waals surface area contributed by atoms with Gasteiger partial charge in [0.2, 0.25) is 0 Å². The summed E-state index contributed by atoms with van der Waals surface area (Å²) < 4.78 is 13.7. The van der Waals surface area contributed by atoms with Crippen LogP contribution in [0.1, 0.15) is 44.1 Å². The molecule has 0 bridgehead atoms. The molecular weight excluding hydrogens is 484 g/mol. The summed E-state index contributed by atoms with van der Waals surface area (Å²) in [6, 6.07) is 14.2. The number of nitrogens with zero attached hydrogens (tertiary/aromatic N) is 3. The van der Waals surface area contributed by atoms with Crippen LogP contribution in [0.3, 0.4) is 0 Å². The molecule has 170 valence electrons. The van der Waals surface area contributed by atoms with E-state index in [9.17, 15) is 4.79 Å². The molecule has 1 amide bonds. The van der Waals surface area contributed by atoms with Crippen molar-refractivity contribution in [2.75, 3.05) is 5.32 Å². The molecule has 0 aliphatic heterocycles. The minimum atomic E-state index is -0.410. The van der Waals surface area contributed by atoms with Crippen molar-refractivity contribution >= 4 is 27.7 Å². The van der Waals surface area contributed by atoms with Crippen LogP contribution in [0, 0.1) is 27.7 Å². The summed E-state index contributed by atoms with van der Waals surface area (Å²) in [6.07, 6.45) is 1.83. The van der Waals surface area contributed by atoms with E-state index < -0.39 is 5.91 Å². The predicted molar refractivity (Wildman–Crippen MR) is 130 cm³/mol. The second-order valence-corrected chi connectivity index (χ2v) is 9.00. The Hall–Kier alpha value is -3.39. The van der Waals surface area contributed by atoms with Gasteiger partial charge in [-0.15, -0.1) is 0 Å². The zero-order chi connectivity index (χ0) is 23.5. The Balaban J connectivity index is 1.47. The van der Waals surface area contributed by atoms with Gasteiger partial charge in [-0.05, 0) is 72.4 Å². The van der Waals surface area contributed by atoms with E-state index in [0.717, 1.165) is 22.4 Å². The van der Waals surface area contributed by atoms with Crippen molar-refractivity contribution in [2.45, 2.75) is 40.8 Å². The molecule has 2 aromatic carbocycles. The van der Waals surface area contributed by atoms with Gasteiger partial charge >= 0.3 is 0 Å². The SMILES string of the molecule is Cc1ccc(Cn2cc(Br)c(NC(=O)c3noc(C)c3COc3cc(C)cc(C)c3)n2)cc1. The number of rotatable bonds is 7. The second kappa shape index (κ2) is 9.62. The average Bonchev–Trinajstić information content (AvgIpc) is 3.29. The molecule has 0 atom stereocenters. The summed E-state index contributed by atoms with van der Waals surface area (Å²) >= 11 is 3.48. The average molecular weight is 509 g/mol. The Labute approximate surface area is 200 Å². The lowest BCUT2D eigenvalue weighted by atomic mass is 10.1. The highest BCUT2D eigenvalue weighted by Crippen LogP contribution is 2.24. The van der Waals surface area contributed by atoms with Crippen LogP contribution in [0.5, 0.6) is 5.75 Å². The first kappa shape index (κ1) is 22.8. The van der Waals surface area contributed by atoms with Crippen molar-refractivity contribution in [3.05, 3.63) is 92.4 Å². The molecule has 0 aliphatic carbocycles. The Morgan fingerprint density at radius 1 is 1.06 bits per heavy atom. The van der Waals surface area contributed by atoms with Gasteiger partial charge in [0.05, 0.1) is 16.6 Å². The summed E-state index contributed by atoms with van der Waals surface area (Å²) in [6.45, 7) is 8.60. The first-order valence-electron chi connectivity index (χ1n) is 10.5. The Morgan fingerprint density at radius 2 is 1.76 bits per heavy atom. The van der Waals surface area contributed by atoms with E-state index in [4.69, 9.17) is 9.26 Å². The quantitative estimate of drug-likeness (QED) is 0.343. The van der Waals surface area contributed by atoms with E-state index in [1.807, 2.05) is 32.2 Å². The van der Waals surface area contributed by atoms with Crippen LogP contribution in [-0.2, 0) is 13.2 Å². The van der Waals surface area contributed by atoms with Gasteiger partial charge in [-0.3, -0.25) is 9.48 Å². The standard InChI is InChI=1S/C25H25BrN4O3/c1-15-5-7-19(8-6-15)12-30-13-22(26)24(28-30)27-25(31)23-21(18(4)33-29-23)14-32-20-10-16(2)9-17(3)11-20/h5-11,13H,12,14H2,1-4H3,(H,27,28,31). The number of aromatic nitrogens is 3. The number of anilines is 1. The van der Waals surface area contributed by atoms with Crippen molar-refractivity contribution in [2.24, 2.45) is 0 Å². The summed E-state index contributed by atoms with van der Waals surface area (Å²) in [7, 11) is 0. The van der Waals surface area contributed by atoms with E-state index in [0.29, 0.717) is 28.2 Å². The Morgan fingerprint density at radius 3 is 2.45 bits per heavy atom. The molecule has 0 aliphatic rings. The first-order chi connectivity index (χ1) is 15.8. The number of hydrogen-bond acceptors (Lipinski definition) is 5. The van der Waals surface area contributed by atoms with Gasteiger partial charge in [-0.1, -0.05) is 41.1 Å². The lowest BCUT2D eigenvalue weighted by Gasteiger charge is -2.09. The third-order valence-corrected chi connectivity index (χ3v) is 5.77. The molecule has 4 rings (SSSR count). The van der Waals surface area contributed by atoms with Gasteiger partial charge < -0.3 is 14.6 Å². The van der Waals surface area contributed by atoms with Crippen LogP contribution in [0.25, 0.3) is 0 Å². The maximum Gasteiger partial charge on any atom is 0.279 e.